The molecule has 1 rings (SSSR count). The standard InChI is InChI=1S/C15H27N5O/c1-19(2)10-5-8-16-13-6-7-14(18-12-13)15(21)17-9-11-20(3)4/h6-7,12,16H,5,8-11H2,1-4H3,(H,17,21). The molecule has 0 unspecified atom stereocenters. The lowest BCUT2D eigenvalue weighted by Crippen LogP contribution is -2.31. The first kappa shape index (κ1) is 17.4. The van der Waals surface area contributed by atoms with Gasteiger partial charge in [-0.15, -0.1) is 0 Å². The van der Waals surface area contributed by atoms with Crippen LogP contribution in [0.3, 0.4) is 0 Å². The zero-order valence-electron chi connectivity index (χ0n) is 13.5. The average molecular weight is 293 g/mol. The monoisotopic (exact) mass is 293 g/mol. The van der Waals surface area contributed by atoms with Crippen LogP contribution in [0.1, 0.15) is 16.9 Å². The molecule has 0 atom stereocenters. The third-order valence-electron chi connectivity index (χ3n) is 2.95. The van der Waals surface area contributed by atoms with Crippen LogP contribution in [-0.2, 0) is 0 Å². The van der Waals surface area contributed by atoms with Gasteiger partial charge in [0.1, 0.15) is 5.69 Å². The van der Waals surface area contributed by atoms with Gasteiger partial charge in [0.2, 0.25) is 0 Å². The Morgan fingerprint density at radius 2 is 1.81 bits per heavy atom. The second-order valence-electron chi connectivity index (χ2n) is 5.57. The van der Waals surface area contributed by atoms with Crippen LogP contribution in [0.25, 0.3) is 0 Å². The number of carbonyl (C=O) groups is 1. The molecule has 0 aliphatic heterocycles. The van der Waals surface area contributed by atoms with E-state index in [9.17, 15) is 4.79 Å². The molecular formula is C15H27N5O. The molecule has 6 nitrogen and oxygen atoms in total. The highest BCUT2D eigenvalue weighted by molar-refractivity contribution is 5.92. The number of nitrogens with zero attached hydrogens (tertiary/aromatic N) is 3. The Bertz CT molecular complexity index is 417. The minimum absolute atomic E-state index is 0.129. The molecule has 0 aromatic carbocycles. The minimum atomic E-state index is -0.129. The molecule has 0 radical (unpaired) electrons. The summed E-state index contributed by atoms with van der Waals surface area (Å²) in [6, 6.07) is 3.64. The van der Waals surface area contributed by atoms with Gasteiger partial charge < -0.3 is 20.4 Å². The Kier molecular flexibility index (Phi) is 7.71. The Hall–Kier alpha value is -1.66. The van der Waals surface area contributed by atoms with E-state index in [2.05, 4.69) is 34.6 Å². The molecule has 1 aromatic heterocycles. The summed E-state index contributed by atoms with van der Waals surface area (Å²) in [5, 5.41) is 6.14. The van der Waals surface area contributed by atoms with Crippen molar-refractivity contribution in [1.82, 2.24) is 20.1 Å². The van der Waals surface area contributed by atoms with Gasteiger partial charge in [-0.3, -0.25) is 4.79 Å². The van der Waals surface area contributed by atoms with Gasteiger partial charge >= 0.3 is 0 Å². The van der Waals surface area contributed by atoms with Gasteiger partial charge in [0.05, 0.1) is 11.9 Å². The zero-order valence-corrected chi connectivity index (χ0v) is 13.5. The molecule has 0 aliphatic carbocycles. The second kappa shape index (κ2) is 9.31. The van der Waals surface area contributed by atoms with Crippen LogP contribution in [0.4, 0.5) is 5.69 Å². The number of hydrogen-bond acceptors (Lipinski definition) is 5. The van der Waals surface area contributed by atoms with Gasteiger partial charge in [-0.05, 0) is 53.3 Å². The summed E-state index contributed by atoms with van der Waals surface area (Å²) in [6.45, 7) is 3.39. The van der Waals surface area contributed by atoms with Crippen LogP contribution >= 0.6 is 0 Å². The number of pyridine rings is 1. The number of amides is 1. The first-order chi connectivity index (χ1) is 9.99. The molecule has 0 spiro atoms. The van der Waals surface area contributed by atoms with Crippen molar-refractivity contribution >= 4 is 11.6 Å². The van der Waals surface area contributed by atoms with Crippen molar-refractivity contribution in [2.75, 3.05) is 59.7 Å². The number of anilines is 1. The molecule has 118 valence electrons. The highest BCUT2D eigenvalue weighted by atomic mass is 16.1. The van der Waals surface area contributed by atoms with Crippen molar-refractivity contribution in [1.29, 1.82) is 0 Å². The van der Waals surface area contributed by atoms with E-state index in [0.717, 1.165) is 31.7 Å². The van der Waals surface area contributed by atoms with E-state index in [0.29, 0.717) is 12.2 Å². The van der Waals surface area contributed by atoms with Gasteiger partial charge in [0.15, 0.2) is 0 Å². The number of nitrogens with one attached hydrogen (secondary N) is 2. The molecule has 0 aliphatic rings. The molecule has 0 saturated heterocycles. The fraction of sp³-hybridized carbons (Fsp3) is 0.600. The van der Waals surface area contributed by atoms with Crippen molar-refractivity contribution in [2.45, 2.75) is 6.42 Å². The summed E-state index contributed by atoms with van der Waals surface area (Å²) in [6.07, 6.45) is 2.77. The maximum Gasteiger partial charge on any atom is 0.269 e. The van der Waals surface area contributed by atoms with Crippen molar-refractivity contribution in [2.24, 2.45) is 0 Å². The fourth-order valence-corrected chi connectivity index (χ4v) is 1.74. The van der Waals surface area contributed by atoms with E-state index in [-0.39, 0.29) is 5.91 Å². The van der Waals surface area contributed by atoms with Gasteiger partial charge in [0.25, 0.3) is 5.91 Å². The molecule has 0 fully saturated rings. The third-order valence-corrected chi connectivity index (χ3v) is 2.95. The summed E-state index contributed by atoms with van der Waals surface area (Å²) in [5.74, 6) is -0.129. The summed E-state index contributed by atoms with van der Waals surface area (Å²) >= 11 is 0. The van der Waals surface area contributed by atoms with E-state index >= 15 is 0 Å². The van der Waals surface area contributed by atoms with Gasteiger partial charge in [0, 0.05) is 19.6 Å². The summed E-state index contributed by atoms with van der Waals surface area (Å²) < 4.78 is 0. The van der Waals surface area contributed by atoms with Crippen molar-refractivity contribution in [3.05, 3.63) is 24.0 Å². The van der Waals surface area contributed by atoms with Crippen LogP contribution in [-0.4, -0.2) is 75.1 Å². The SMILES string of the molecule is CN(C)CCCNc1ccc(C(=O)NCCN(C)C)nc1. The van der Waals surface area contributed by atoms with Gasteiger partial charge in [-0.2, -0.15) is 0 Å². The van der Waals surface area contributed by atoms with Gasteiger partial charge in [-0.25, -0.2) is 4.98 Å². The number of aromatic nitrogens is 1. The minimum Gasteiger partial charge on any atom is -0.384 e. The molecule has 1 heterocycles. The van der Waals surface area contributed by atoms with Crippen LogP contribution < -0.4 is 10.6 Å². The Labute approximate surface area is 127 Å². The van der Waals surface area contributed by atoms with Crippen LogP contribution in [0.2, 0.25) is 0 Å². The maximum absolute atomic E-state index is 11.9. The normalized spacial score (nSPS) is 11.0. The van der Waals surface area contributed by atoms with E-state index < -0.39 is 0 Å². The van der Waals surface area contributed by atoms with Crippen molar-refractivity contribution in [3.8, 4) is 0 Å². The topological polar surface area (TPSA) is 60.5 Å². The highest BCUT2D eigenvalue weighted by Gasteiger charge is 2.06. The largest absolute Gasteiger partial charge is 0.384 e. The average Bonchev–Trinajstić information content (AvgIpc) is 2.43. The van der Waals surface area contributed by atoms with E-state index in [1.54, 1.807) is 12.3 Å². The quantitative estimate of drug-likeness (QED) is 0.658. The molecule has 1 amide bonds. The molecule has 6 heteroatoms. The Morgan fingerprint density at radius 3 is 2.38 bits per heavy atom. The predicted octanol–water partition coefficient (Wildman–Crippen LogP) is 0.737. The predicted molar refractivity (Wildman–Crippen MR) is 86.8 cm³/mol. The van der Waals surface area contributed by atoms with Crippen LogP contribution in [0, 0.1) is 0 Å². The van der Waals surface area contributed by atoms with Crippen LogP contribution in [0.5, 0.6) is 0 Å². The second-order valence-corrected chi connectivity index (χ2v) is 5.57. The van der Waals surface area contributed by atoms with E-state index in [1.807, 2.05) is 25.1 Å². The number of likely N-dealkylation sites (N-methyl/N-ethyl adjacent to an activating group) is 1. The number of rotatable bonds is 9. The molecule has 1 aromatic rings. The Morgan fingerprint density at radius 1 is 1.10 bits per heavy atom. The molecule has 0 bridgehead atoms. The molecule has 2 N–H and O–H groups in total. The molecule has 0 saturated carbocycles. The van der Waals surface area contributed by atoms with Crippen molar-refractivity contribution in [3.63, 3.8) is 0 Å². The molecular weight excluding hydrogens is 266 g/mol. The third kappa shape index (κ3) is 7.63. The Balaban J connectivity index is 2.34. The maximum atomic E-state index is 11.9. The van der Waals surface area contributed by atoms with Crippen LogP contribution in [0.15, 0.2) is 18.3 Å². The van der Waals surface area contributed by atoms with Crippen molar-refractivity contribution < 1.29 is 4.79 Å². The smallest absolute Gasteiger partial charge is 0.269 e. The van der Waals surface area contributed by atoms with E-state index in [4.69, 9.17) is 0 Å². The number of carbonyl (C=O) groups excluding carboxylic acids is 1. The lowest BCUT2D eigenvalue weighted by atomic mass is 10.3. The first-order valence-electron chi connectivity index (χ1n) is 7.26. The van der Waals surface area contributed by atoms with E-state index in [1.165, 1.54) is 0 Å². The number of hydrogen-bond donors (Lipinski definition) is 2. The fourth-order valence-electron chi connectivity index (χ4n) is 1.74. The zero-order chi connectivity index (χ0) is 15.7. The molecule has 21 heavy (non-hydrogen) atoms. The lowest BCUT2D eigenvalue weighted by Gasteiger charge is -2.11. The van der Waals surface area contributed by atoms with Gasteiger partial charge in [-0.1, -0.05) is 0 Å². The highest BCUT2D eigenvalue weighted by Crippen LogP contribution is 2.06. The summed E-state index contributed by atoms with van der Waals surface area (Å²) in [4.78, 5) is 20.2. The summed E-state index contributed by atoms with van der Waals surface area (Å²) in [5.41, 5.74) is 1.39. The summed E-state index contributed by atoms with van der Waals surface area (Å²) in [7, 11) is 8.07. The lowest BCUT2D eigenvalue weighted by molar-refractivity contribution is 0.0946. The first-order valence-corrected chi connectivity index (χ1v) is 7.26.